The Balaban J connectivity index is 4.61. The van der Waals surface area contributed by atoms with Gasteiger partial charge in [0, 0.05) is 6.08 Å². The lowest BCUT2D eigenvalue weighted by atomic mass is 10.2. The van der Waals surface area contributed by atoms with Gasteiger partial charge in [0.25, 0.3) is 0 Å². The molecule has 0 heterocycles. The van der Waals surface area contributed by atoms with Crippen LogP contribution in [0, 0.1) is 0 Å². The number of carbonyl (C=O) groups is 2. The van der Waals surface area contributed by atoms with E-state index in [9.17, 15) is 9.59 Å². The van der Waals surface area contributed by atoms with Crippen molar-refractivity contribution in [3.8, 4) is 0 Å². The molecule has 0 N–H and O–H groups in total. The maximum Gasteiger partial charge on any atom is 0.330 e. The SMILES string of the molecule is COC(=O)C=CC(C)=CC=CC(C)=CC=CC=C(C)C=CC=C(C)C=O. The molecule has 0 saturated heterocycles. The van der Waals surface area contributed by atoms with E-state index in [1.165, 1.54) is 13.2 Å². The molecule has 0 atom stereocenters. The van der Waals surface area contributed by atoms with Crippen molar-refractivity contribution in [1.29, 1.82) is 0 Å². The number of rotatable bonds is 9. The van der Waals surface area contributed by atoms with Gasteiger partial charge in [-0.15, -0.1) is 0 Å². The molecule has 26 heavy (non-hydrogen) atoms. The number of carbonyl (C=O) groups excluding carboxylic acids is 2. The van der Waals surface area contributed by atoms with E-state index < -0.39 is 0 Å². The van der Waals surface area contributed by atoms with E-state index in [1.54, 1.807) is 19.1 Å². The van der Waals surface area contributed by atoms with Crippen LogP contribution in [0.25, 0.3) is 0 Å². The molecule has 0 aliphatic carbocycles. The molecule has 138 valence electrons. The second-order valence-corrected chi connectivity index (χ2v) is 5.72. The quantitative estimate of drug-likeness (QED) is 0.242. The third-order valence-corrected chi connectivity index (χ3v) is 3.14. The Kier molecular flexibility index (Phi) is 12.8. The van der Waals surface area contributed by atoms with Crippen LogP contribution in [0.15, 0.2) is 95.2 Å². The van der Waals surface area contributed by atoms with Crippen molar-refractivity contribution < 1.29 is 14.3 Å². The highest BCUT2D eigenvalue weighted by Gasteiger charge is 1.89. The molecular formula is C23H28O3. The average Bonchev–Trinajstić information content (AvgIpc) is 2.62. The van der Waals surface area contributed by atoms with Gasteiger partial charge in [-0.05, 0) is 33.3 Å². The van der Waals surface area contributed by atoms with E-state index in [0.29, 0.717) is 5.57 Å². The van der Waals surface area contributed by atoms with Gasteiger partial charge < -0.3 is 4.74 Å². The highest BCUT2D eigenvalue weighted by atomic mass is 16.5. The lowest BCUT2D eigenvalue weighted by Gasteiger charge is -1.91. The molecule has 0 aliphatic rings. The number of methoxy groups -OCH3 is 1. The normalized spacial score (nSPS) is 15.0. The summed E-state index contributed by atoms with van der Waals surface area (Å²) in [6.45, 7) is 7.69. The monoisotopic (exact) mass is 352 g/mol. The maximum absolute atomic E-state index is 11.0. The molecule has 0 radical (unpaired) electrons. The van der Waals surface area contributed by atoms with Crippen LogP contribution in [-0.4, -0.2) is 19.4 Å². The second-order valence-electron chi connectivity index (χ2n) is 5.72. The molecule has 0 amide bonds. The predicted molar refractivity (Wildman–Crippen MR) is 110 cm³/mol. The number of ether oxygens (including phenoxy) is 1. The number of hydrogen-bond donors (Lipinski definition) is 0. The number of hydrogen-bond acceptors (Lipinski definition) is 3. The van der Waals surface area contributed by atoms with Gasteiger partial charge in [-0.25, -0.2) is 4.79 Å². The zero-order valence-electron chi connectivity index (χ0n) is 16.2. The Hall–Kier alpha value is -2.94. The average molecular weight is 352 g/mol. The molecule has 0 aromatic heterocycles. The van der Waals surface area contributed by atoms with Crippen LogP contribution < -0.4 is 0 Å². The maximum atomic E-state index is 11.0. The first-order chi connectivity index (χ1) is 12.4. The van der Waals surface area contributed by atoms with Crippen LogP contribution >= 0.6 is 0 Å². The lowest BCUT2D eigenvalue weighted by molar-refractivity contribution is -0.134. The summed E-state index contributed by atoms with van der Waals surface area (Å²) in [6.07, 6.45) is 23.3. The largest absolute Gasteiger partial charge is 0.466 e. The van der Waals surface area contributed by atoms with Crippen molar-refractivity contribution >= 4 is 12.3 Å². The molecule has 0 fully saturated rings. The van der Waals surface area contributed by atoms with E-state index >= 15 is 0 Å². The Morgan fingerprint density at radius 2 is 1.04 bits per heavy atom. The molecule has 0 bridgehead atoms. The fourth-order valence-corrected chi connectivity index (χ4v) is 1.59. The van der Waals surface area contributed by atoms with E-state index in [4.69, 9.17) is 0 Å². The van der Waals surface area contributed by atoms with Gasteiger partial charge in [0.15, 0.2) is 0 Å². The zero-order chi connectivity index (χ0) is 19.8. The summed E-state index contributed by atoms with van der Waals surface area (Å²) in [6, 6.07) is 0. The van der Waals surface area contributed by atoms with E-state index in [1.807, 2.05) is 75.5 Å². The highest BCUT2D eigenvalue weighted by molar-refractivity contribution is 5.82. The van der Waals surface area contributed by atoms with Crippen molar-refractivity contribution in [2.75, 3.05) is 7.11 Å². The summed E-state index contributed by atoms with van der Waals surface area (Å²) in [7, 11) is 1.35. The first-order valence-electron chi connectivity index (χ1n) is 8.32. The van der Waals surface area contributed by atoms with Gasteiger partial charge in [-0.2, -0.15) is 0 Å². The predicted octanol–water partition coefficient (Wildman–Crippen LogP) is 5.37. The third kappa shape index (κ3) is 13.5. The zero-order valence-corrected chi connectivity index (χ0v) is 16.2. The number of esters is 1. The first kappa shape index (κ1) is 23.1. The van der Waals surface area contributed by atoms with Gasteiger partial charge in [-0.1, -0.05) is 83.6 Å². The van der Waals surface area contributed by atoms with E-state index in [0.717, 1.165) is 23.0 Å². The summed E-state index contributed by atoms with van der Waals surface area (Å²) in [4.78, 5) is 21.5. The number of allylic oxidation sites excluding steroid dienone is 15. The second kappa shape index (κ2) is 14.4. The summed E-state index contributed by atoms with van der Waals surface area (Å²) < 4.78 is 4.54. The summed E-state index contributed by atoms with van der Waals surface area (Å²) in [5.74, 6) is -0.365. The highest BCUT2D eigenvalue weighted by Crippen LogP contribution is 2.01. The third-order valence-electron chi connectivity index (χ3n) is 3.14. The molecule has 0 aromatic rings. The van der Waals surface area contributed by atoms with Crippen molar-refractivity contribution in [1.82, 2.24) is 0 Å². The van der Waals surface area contributed by atoms with Gasteiger partial charge in [0.05, 0.1) is 7.11 Å². The Bertz CT molecular complexity index is 706. The fraction of sp³-hybridized carbons (Fsp3) is 0.217. The van der Waals surface area contributed by atoms with Crippen LogP contribution in [0.3, 0.4) is 0 Å². The molecular weight excluding hydrogens is 324 g/mol. The summed E-state index contributed by atoms with van der Waals surface area (Å²) in [5.41, 5.74) is 3.85. The minimum absolute atomic E-state index is 0.365. The number of aldehydes is 1. The van der Waals surface area contributed by atoms with Gasteiger partial charge in [0.1, 0.15) is 6.29 Å². The van der Waals surface area contributed by atoms with Crippen LogP contribution in [0.1, 0.15) is 27.7 Å². The topological polar surface area (TPSA) is 43.4 Å². The Labute approximate surface area is 157 Å². The fourth-order valence-electron chi connectivity index (χ4n) is 1.59. The Morgan fingerprint density at radius 3 is 1.50 bits per heavy atom. The summed E-state index contributed by atoms with van der Waals surface area (Å²) >= 11 is 0. The van der Waals surface area contributed by atoms with Gasteiger partial charge in [-0.3, -0.25) is 4.79 Å². The van der Waals surface area contributed by atoms with E-state index in [-0.39, 0.29) is 5.97 Å². The van der Waals surface area contributed by atoms with Crippen LogP contribution in [0.4, 0.5) is 0 Å². The Morgan fingerprint density at radius 1 is 0.615 bits per heavy atom. The van der Waals surface area contributed by atoms with Crippen molar-refractivity contribution in [2.24, 2.45) is 0 Å². The minimum Gasteiger partial charge on any atom is -0.466 e. The smallest absolute Gasteiger partial charge is 0.330 e. The van der Waals surface area contributed by atoms with Crippen molar-refractivity contribution in [3.05, 3.63) is 95.2 Å². The van der Waals surface area contributed by atoms with Gasteiger partial charge >= 0.3 is 5.97 Å². The standard InChI is InChI=1S/C23H28O3/c1-19(12-8-14-21(3)16-17-23(25)26-5)10-6-7-11-20(2)13-9-15-22(4)18-24/h6-18H,1-5H3. The van der Waals surface area contributed by atoms with Crippen molar-refractivity contribution in [3.63, 3.8) is 0 Å². The minimum atomic E-state index is -0.365. The molecule has 0 saturated carbocycles. The first-order valence-corrected chi connectivity index (χ1v) is 8.32. The summed E-state index contributed by atoms with van der Waals surface area (Å²) in [5, 5.41) is 0. The molecule has 0 rings (SSSR count). The molecule has 0 aromatic carbocycles. The van der Waals surface area contributed by atoms with E-state index in [2.05, 4.69) is 4.74 Å². The molecule has 0 spiro atoms. The lowest BCUT2D eigenvalue weighted by Crippen LogP contribution is -1.93. The van der Waals surface area contributed by atoms with Crippen LogP contribution in [0.2, 0.25) is 0 Å². The van der Waals surface area contributed by atoms with Gasteiger partial charge in [0.2, 0.25) is 0 Å². The molecule has 0 aliphatic heterocycles. The molecule has 0 unspecified atom stereocenters. The van der Waals surface area contributed by atoms with Crippen LogP contribution in [-0.2, 0) is 14.3 Å². The van der Waals surface area contributed by atoms with Crippen LogP contribution in [0.5, 0.6) is 0 Å². The van der Waals surface area contributed by atoms with Crippen molar-refractivity contribution in [2.45, 2.75) is 27.7 Å². The molecule has 3 heteroatoms. The molecule has 3 nitrogen and oxygen atoms in total.